The molecule has 0 amide bonds. The number of para-hydroxylation sites is 1. The summed E-state index contributed by atoms with van der Waals surface area (Å²) in [6, 6.07) is 6.11. The van der Waals surface area contributed by atoms with Crippen LogP contribution in [-0.2, 0) is 0 Å². The van der Waals surface area contributed by atoms with Crippen molar-refractivity contribution < 1.29 is 19.3 Å². The second-order valence-corrected chi connectivity index (χ2v) is 5.66. The van der Waals surface area contributed by atoms with Gasteiger partial charge in [-0.05, 0) is 24.0 Å². The zero-order valence-electron chi connectivity index (χ0n) is 12.1. The van der Waals surface area contributed by atoms with E-state index in [1.807, 2.05) is 13.8 Å². The average Bonchev–Trinajstić information content (AvgIpc) is 2.37. The van der Waals surface area contributed by atoms with Gasteiger partial charge in [0.25, 0.3) is 0 Å². The summed E-state index contributed by atoms with van der Waals surface area (Å²) in [5.41, 5.74) is -0.0269. The molecule has 5 heteroatoms. The lowest BCUT2D eigenvalue weighted by molar-refractivity contribution is 0.1000. The largest absolute Gasteiger partial charge is 0.488 e. The summed E-state index contributed by atoms with van der Waals surface area (Å²) in [6.07, 6.45) is -0.0125. The molecule has 114 valence electrons. The lowest BCUT2D eigenvalue weighted by Gasteiger charge is -2.24. The number of aliphatic hydroxyl groups is 2. The van der Waals surface area contributed by atoms with Crippen LogP contribution in [0.4, 0.5) is 4.39 Å². The third-order valence-electron chi connectivity index (χ3n) is 3.04. The van der Waals surface area contributed by atoms with Gasteiger partial charge in [-0.2, -0.15) is 0 Å². The predicted molar refractivity (Wildman–Crippen MR) is 76.3 cm³/mol. The van der Waals surface area contributed by atoms with E-state index in [-0.39, 0.29) is 24.4 Å². The van der Waals surface area contributed by atoms with E-state index in [9.17, 15) is 9.50 Å². The lowest BCUT2D eigenvalue weighted by Crippen LogP contribution is -2.37. The highest BCUT2D eigenvalue weighted by molar-refractivity contribution is 5.23. The summed E-state index contributed by atoms with van der Waals surface area (Å²) in [6.45, 7) is 5.31. The Kier molecular flexibility index (Phi) is 6.91. The van der Waals surface area contributed by atoms with E-state index in [0.717, 1.165) is 0 Å². The van der Waals surface area contributed by atoms with Gasteiger partial charge >= 0.3 is 0 Å². The van der Waals surface area contributed by atoms with Gasteiger partial charge in [-0.3, -0.25) is 0 Å². The Morgan fingerprint density at radius 3 is 2.70 bits per heavy atom. The molecule has 3 N–H and O–H groups in total. The van der Waals surface area contributed by atoms with E-state index in [1.54, 1.807) is 12.1 Å². The smallest absolute Gasteiger partial charge is 0.165 e. The van der Waals surface area contributed by atoms with Crippen molar-refractivity contribution in [2.75, 3.05) is 26.3 Å². The lowest BCUT2D eigenvalue weighted by atomic mass is 9.90. The number of aliphatic hydroxyl groups excluding tert-OH is 2. The first kappa shape index (κ1) is 16.9. The number of rotatable bonds is 9. The van der Waals surface area contributed by atoms with E-state index in [2.05, 4.69) is 5.32 Å². The first-order chi connectivity index (χ1) is 9.44. The molecule has 0 fully saturated rings. The van der Waals surface area contributed by atoms with Crippen LogP contribution >= 0.6 is 0 Å². The molecule has 0 aliphatic rings. The SMILES string of the molecule is CC(C)(CCO)CNCC(O)COc1ccccc1F. The Balaban J connectivity index is 2.24. The van der Waals surface area contributed by atoms with E-state index < -0.39 is 11.9 Å². The minimum absolute atomic E-state index is 0.0269. The quantitative estimate of drug-likeness (QED) is 0.644. The summed E-state index contributed by atoms with van der Waals surface area (Å²) in [7, 11) is 0. The molecule has 4 nitrogen and oxygen atoms in total. The number of halogens is 1. The highest BCUT2D eigenvalue weighted by Gasteiger charge is 2.17. The molecule has 1 rings (SSSR count). The number of ether oxygens (including phenoxy) is 1. The van der Waals surface area contributed by atoms with Crippen molar-refractivity contribution in [3.8, 4) is 5.75 Å². The fourth-order valence-corrected chi connectivity index (χ4v) is 1.77. The van der Waals surface area contributed by atoms with Crippen molar-refractivity contribution in [1.29, 1.82) is 0 Å². The zero-order valence-corrected chi connectivity index (χ0v) is 12.1. The number of nitrogens with one attached hydrogen (secondary N) is 1. The Labute approximate surface area is 119 Å². The van der Waals surface area contributed by atoms with Crippen molar-refractivity contribution in [2.24, 2.45) is 5.41 Å². The van der Waals surface area contributed by atoms with Crippen LogP contribution < -0.4 is 10.1 Å². The highest BCUT2D eigenvalue weighted by Crippen LogP contribution is 2.18. The molecule has 0 aromatic heterocycles. The molecule has 1 aromatic rings. The molecule has 0 aliphatic carbocycles. The topological polar surface area (TPSA) is 61.7 Å². The molecule has 0 bridgehead atoms. The van der Waals surface area contributed by atoms with Crippen molar-refractivity contribution in [3.05, 3.63) is 30.1 Å². The predicted octanol–water partition coefficient (Wildman–Crippen LogP) is 1.56. The Morgan fingerprint density at radius 1 is 1.35 bits per heavy atom. The molecule has 0 heterocycles. The monoisotopic (exact) mass is 285 g/mol. The summed E-state index contributed by atoms with van der Waals surface area (Å²) < 4.78 is 18.5. The third kappa shape index (κ3) is 6.32. The van der Waals surface area contributed by atoms with Crippen LogP contribution in [0.3, 0.4) is 0 Å². The standard InChI is InChI=1S/C15H24FNO3/c1-15(2,7-8-18)11-17-9-12(19)10-20-14-6-4-3-5-13(14)16/h3-6,12,17-19H,7-11H2,1-2H3. The van der Waals surface area contributed by atoms with Gasteiger partial charge in [0.05, 0.1) is 0 Å². The first-order valence-corrected chi connectivity index (χ1v) is 6.81. The van der Waals surface area contributed by atoms with Gasteiger partial charge < -0.3 is 20.3 Å². The van der Waals surface area contributed by atoms with Gasteiger partial charge in [0.15, 0.2) is 11.6 Å². The summed E-state index contributed by atoms with van der Waals surface area (Å²) in [4.78, 5) is 0. The maximum absolute atomic E-state index is 13.3. The fraction of sp³-hybridized carbons (Fsp3) is 0.600. The van der Waals surface area contributed by atoms with Gasteiger partial charge in [-0.15, -0.1) is 0 Å². The maximum atomic E-state index is 13.3. The van der Waals surface area contributed by atoms with E-state index in [1.165, 1.54) is 12.1 Å². The molecule has 1 atom stereocenters. The van der Waals surface area contributed by atoms with Crippen LogP contribution in [0.25, 0.3) is 0 Å². The van der Waals surface area contributed by atoms with Crippen molar-refractivity contribution in [2.45, 2.75) is 26.4 Å². The zero-order chi connectivity index (χ0) is 15.0. The normalized spacial score (nSPS) is 13.2. The first-order valence-electron chi connectivity index (χ1n) is 6.81. The van der Waals surface area contributed by atoms with Gasteiger partial charge in [-0.25, -0.2) is 4.39 Å². The van der Waals surface area contributed by atoms with Gasteiger partial charge in [0, 0.05) is 19.7 Å². The molecule has 1 unspecified atom stereocenters. The van der Waals surface area contributed by atoms with Crippen molar-refractivity contribution in [3.63, 3.8) is 0 Å². The molecular weight excluding hydrogens is 261 g/mol. The Bertz CT molecular complexity index is 398. The molecular formula is C15H24FNO3. The van der Waals surface area contributed by atoms with Crippen molar-refractivity contribution in [1.82, 2.24) is 5.32 Å². The van der Waals surface area contributed by atoms with Crippen LogP contribution in [0.5, 0.6) is 5.75 Å². The molecule has 0 saturated carbocycles. The van der Waals surface area contributed by atoms with Gasteiger partial charge in [0.1, 0.15) is 12.7 Å². The number of hydrogen-bond acceptors (Lipinski definition) is 4. The van der Waals surface area contributed by atoms with Crippen LogP contribution in [0.1, 0.15) is 20.3 Å². The molecule has 0 spiro atoms. The van der Waals surface area contributed by atoms with Crippen LogP contribution in [-0.4, -0.2) is 42.6 Å². The third-order valence-corrected chi connectivity index (χ3v) is 3.04. The number of benzene rings is 1. The molecule has 0 radical (unpaired) electrons. The van der Waals surface area contributed by atoms with Crippen LogP contribution in [0.15, 0.2) is 24.3 Å². The van der Waals surface area contributed by atoms with Gasteiger partial charge in [-0.1, -0.05) is 26.0 Å². The summed E-state index contributed by atoms with van der Waals surface area (Å²) >= 11 is 0. The fourth-order valence-electron chi connectivity index (χ4n) is 1.77. The van der Waals surface area contributed by atoms with Crippen molar-refractivity contribution >= 4 is 0 Å². The van der Waals surface area contributed by atoms with E-state index >= 15 is 0 Å². The van der Waals surface area contributed by atoms with Crippen LogP contribution in [0.2, 0.25) is 0 Å². The molecule has 20 heavy (non-hydrogen) atoms. The number of hydrogen-bond donors (Lipinski definition) is 3. The molecule has 1 aromatic carbocycles. The summed E-state index contributed by atoms with van der Waals surface area (Å²) in [5, 5.41) is 21.8. The Morgan fingerprint density at radius 2 is 2.05 bits per heavy atom. The second kappa shape index (κ2) is 8.19. The summed E-state index contributed by atoms with van der Waals surface area (Å²) in [5.74, 6) is -0.288. The van der Waals surface area contributed by atoms with Crippen LogP contribution in [0, 0.1) is 11.2 Å². The average molecular weight is 285 g/mol. The minimum atomic E-state index is -0.709. The Hall–Kier alpha value is -1.17. The van der Waals surface area contributed by atoms with E-state index in [4.69, 9.17) is 9.84 Å². The second-order valence-electron chi connectivity index (χ2n) is 5.66. The van der Waals surface area contributed by atoms with Gasteiger partial charge in [0.2, 0.25) is 0 Å². The maximum Gasteiger partial charge on any atom is 0.165 e. The minimum Gasteiger partial charge on any atom is -0.488 e. The molecule has 0 aliphatic heterocycles. The van der Waals surface area contributed by atoms with E-state index in [0.29, 0.717) is 19.5 Å². The molecule has 0 saturated heterocycles. The highest BCUT2D eigenvalue weighted by atomic mass is 19.1.